The van der Waals surface area contributed by atoms with E-state index >= 15 is 0 Å². The Balaban J connectivity index is 1.66. The number of methoxy groups -OCH3 is 1. The van der Waals surface area contributed by atoms with Gasteiger partial charge in [-0.15, -0.1) is 0 Å². The Morgan fingerprint density at radius 3 is 2.50 bits per heavy atom. The van der Waals surface area contributed by atoms with Crippen LogP contribution in [0.25, 0.3) is 0 Å². The summed E-state index contributed by atoms with van der Waals surface area (Å²) in [5.74, 6) is 0.318. The predicted octanol–water partition coefficient (Wildman–Crippen LogP) is 2.88. The van der Waals surface area contributed by atoms with Gasteiger partial charge in [0.25, 0.3) is 0 Å². The van der Waals surface area contributed by atoms with Gasteiger partial charge in [0, 0.05) is 32.4 Å². The molecule has 1 atom stereocenters. The van der Waals surface area contributed by atoms with Crippen molar-refractivity contribution in [2.75, 3.05) is 20.2 Å². The first kappa shape index (κ1) is 18.3. The van der Waals surface area contributed by atoms with Gasteiger partial charge in [0.2, 0.25) is 11.5 Å². The lowest BCUT2D eigenvalue weighted by Crippen LogP contribution is -2.54. The highest BCUT2D eigenvalue weighted by atomic mass is 16.5. The lowest BCUT2D eigenvalue weighted by molar-refractivity contribution is -0.162. The Labute approximate surface area is 153 Å². The first-order chi connectivity index (χ1) is 12.5. The number of para-hydroxylation sites is 2. The fraction of sp³-hybridized carbons (Fsp3) is 0.500. The SMILES string of the molecule is COc1ccccc1OC1(C(=O)O)CCN(C(=O)C[C@H]2C=CCC2)CC1. The molecule has 6 nitrogen and oxygen atoms in total. The molecule has 1 N–H and O–H groups in total. The maximum absolute atomic E-state index is 12.5. The molecule has 1 aliphatic heterocycles. The summed E-state index contributed by atoms with van der Waals surface area (Å²) in [4.78, 5) is 26.2. The molecule has 140 valence electrons. The van der Waals surface area contributed by atoms with Gasteiger partial charge in [-0.05, 0) is 30.9 Å². The summed E-state index contributed by atoms with van der Waals surface area (Å²) < 4.78 is 11.2. The molecule has 0 aromatic heterocycles. The van der Waals surface area contributed by atoms with E-state index in [9.17, 15) is 14.7 Å². The monoisotopic (exact) mass is 359 g/mol. The Morgan fingerprint density at radius 2 is 1.92 bits per heavy atom. The zero-order chi connectivity index (χ0) is 18.6. The zero-order valence-electron chi connectivity index (χ0n) is 15.0. The van der Waals surface area contributed by atoms with Crippen LogP contribution in [-0.2, 0) is 9.59 Å². The van der Waals surface area contributed by atoms with Gasteiger partial charge < -0.3 is 19.5 Å². The van der Waals surface area contributed by atoms with Crippen molar-refractivity contribution in [1.82, 2.24) is 4.90 Å². The second kappa shape index (κ2) is 7.81. The van der Waals surface area contributed by atoms with Gasteiger partial charge in [0.15, 0.2) is 11.5 Å². The molecule has 1 aliphatic carbocycles. The van der Waals surface area contributed by atoms with Crippen molar-refractivity contribution in [1.29, 1.82) is 0 Å². The summed E-state index contributed by atoms with van der Waals surface area (Å²) in [6, 6.07) is 7.02. The molecule has 1 amide bonds. The molecule has 0 spiro atoms. The van der Waals surface area contributed by atoms with Crippen LogP contribution >= 0.6 is 0 Å². The molecule has 0 unspecified atom stereocenters. The minimum atomic E-state index is -1.33. The van der Waals surface area contributed by atoms with E-state index in [1.165, 1.54) is 7.11 Å². The van der Waals surface area contributed by atoms with Gasteiger partial charge >= 0.3 is 5.97 Å². The van der Waals surface area contributed by atoms with Crippen LogP contribution in [0.5, 0.6) is 11.5 Å². The minimum absolute atomic E-state index is 0.0952. The number of benzene rings is 1. The van der Waals surface area contributed by atoms with Crippen molar-refractivity contribution in [3.63, 3.8) is 0 Å². The van der Waals surface area contributed by atoms with Crippen LogP contribution in [0.15, 0.2) is 36.4 Å². The van der Waals surface area contributed by atoms with E-state index in [0.29, 0.717) is 36.9 Å². The van der Waals surface area contributed by atoms with E-state index < -0.39 is 11.6 Å². The largest absolute Gasteiger partial charge is 0.493 e. The lowest BCUT2D eigenvalue weighted by Gasteiger charge is -2.39. The highest BCUT2D eigenvalue weighted by Crippen LogP contribution is 2.35. The smallest absolute Gasteiger partial charge is 0.348 e. The number of hydrogen-bond donors (Lipinski definition) is 1. The molecule has 1 heterocycles. The molecule has 3 rings (SSSR count). The van der Waals surface area contributed by atoms with E-state index in [0.717, 1.165) is 12.8 Å². The lowest BCUT2D eigenvalue weighted by atomic mass is 9.90. The Bertz CT molecular complexity index is 691. The molecule has 0 bridgehead atoms. The Morgan fingerprint density at radius 1 is 1.23 bits per heavy atom. The fourth-order valence-electron chi connectivity index (χ4n) is 3.61. The average Bonchev–Trinajstić information content (AvgIpc) is 3.15. The van der Waals surface area contributed by atoms with Gasteiger partial charge in [-0.2, -0.15) is 0 Å². The van der Waals surface area contributed by atoms with Gasteiger partial charge in [-0.3, -0.25) is 4.79 Å². The number of carboxylic acids is 1. The van der Waals surface area contributed by atoms with Gasteiger partial charge in [0.05, 0.1) is 7.11 Å². The number of allylic oxidation sites excluding steroid dienone is 2. The molecule has 1 aromatic rings. The van der Waals surface area contributed by atoms with Crippen molar-refractivity contribution >= 4 is 11.9 Å². The van der Waals surface area contributed by atoms with E-state index in [2.05, 4.69) is 12.2 Å². The molecule has 2 aliphatic rings. The normalized spacial score (nSPS) is 21.4. The molecule has 6 heteroatoms. The van der Waals surface area contributed by atoms with Crippen LogP contribution in [0.4, 0.5) is 0 Å². The van der Waals surface area contributed by atoms with Crippen LogP contribution in [0.2, 0.25) is 0 Å². The van der Waals surface area contributed by atoms with Crippen molar-refractivity contribution in [3.05, 3.63) is 36.4 Å². The van der Waals surface area contributed by atoms with Gasteiger partial charge in [0.1, 0.15) is 0 Å². The Hall–Kier alpha value is -2.50. The first-order valence-corrected chi connectivity index (χ1v) is 9.04. The number of hydrogen-bond acceptors (Lipinski definition) is 4. The van der Waals surface area contributed by atoms with Crippen LogP contribution < -0.4 is 9.47 Å². The third-order valence-electron chi connectivity index (χ3n) is 5.24. The highest BCUT2D eigenvalue weighted by molar-refractivity contribution is 5.80. The molecular formula is C20H25NO5. The van der Waals surface area contributed by atoms with Crippen molar-refractivity contribution in [2.24, 2.45) is 5.92 Å². The average molecular weight is 359 g/mol. The molecule has 26 heavy (non-hydrogen) atoms. The number of nitrogens with zero attached hydrogens (tertiary/aromatic N) is 1. The second-order valence-electron chi connectivity index (χ2n) is 6.90. The predicted molar refractivity (Wildman–Crippen MR) is 96.3 cm³/mol. The number of amides is 1. The standard InChI is InChI=1S/C20H25NO5/c1-25-16-8-4-5-9-17(16)26-20(19(23)24)10-12-21(13-11-20)18(22)14-15-6-2-3-7-15/h2,4-6,8-9,15H,3,7,10-14H2,1H3,(H,23,24)/t15-/m0/s1. The maximum atomic E-state index is 12.5. The third kappa shape index (κ3) is 3.84. The molecule has 0 radical (unpaired) electrons. The summed E-state index contributed by atoms with van der Waals surface area (Å²) in [7, 11) is 1.52. The van der Waals surface area contributed by atoms with E-state index in [4.69, 9.17) is 9.47 Å². The van der Waals surface area contributed by atoms with Gasteiger partial charge in [-0.1, -0.05) is 24.3 Å². The van der Waals surface area contributed by atoms with Gasteiger partial charge in [-0.25, -0.2) is 4.79 Å². The Kier molecular flexibility index (Phi) is 5.49. The quantitative estimate of drug-likeness (QED) is 0.791. The summed E-state index contributed by atoms with van der Waals surface area (Å²) in [6.45, 7) is 0.771. The van der Waals surface area contributed by atoms with Crippen molar-refractivity contribution < 1.29 is 24.2 Å². The summed E-state index contributed by atoms with van der Waals surface area (Å²) in [5, 5.41) is 9.79. The number of carbonyl (C=O) groups is 2. The summed E-state index contributed by atoms with van der Waals surface area (Å²) in [5.41, 5.74) is -1.33. The number of ether oxygens (including phenoxy) is 2. The van der Waals surface area contributed by atoms with E-state index in [1.807, 2.05) is 0 Å². The van der Waals surface area contributed by atoms with E-state index in [-0.39, 0.29) is 18.7 Å². The number of piperidine rings is 1. The number of carboxylic acid groups (broad SMARTS) is 1. The molecule has 0 saturated carbocycles. The number of rotatable bonds is 6. The van der Waals surface area contributed by atoms with Crippen LogP contribution in [0, 0.1) is 5.92 Å². The summed E-state index contributed by atoms with van der Waals surface area (Å²) >= 11 is 0. The van der Waals surface area contributed by atoms with Crippen LogP contribution in [0.3, 0.4) is 0 Å². The zero-order valence-corrected chi connectivity index (χ0v) is 15.0. The fourth-order valence-corrected chi connectivity index (χ4v) is 3.61. The molecule has 1 saturated heterocycles. The van der Waals surface area contributed by atoms with E-state index in [1.54, 1.807) is 29.2 Å². The number of carbonyl (C=O) groups excluding carboxylic acids is 1. The second-order valence-corrected chi connectivity index (χ2v) is 6.90. The number of likely N-dealkylation sites (tertiary alicyclic amines) is 1. The van der Waals surface area contributed by atoms with Crippen LogP contribution in [-0.4, -0.2) is 47.7 Å². The number of aliphatic carboxylic acids is 1. The highest BCUT2D eigenvalue weighted by Gasteiger charge is 2.45. The molecule has 1 aromatic carbocycles. The molecular weight excluding hydrogens is 334 g/mol. The van der Waals surface area contributed by atoms with Crippen molar-refractivity contribution in [2.45, 2.75) is 37.7 Å². The maximum Gasteiger partial charge on any atom is 0.348 e. The molecule has 1 fully saturated rings. The topological polar surface area (TPSA) is 76.1 Å². The summed E-state index contributed by atoms with van der Waals surface area (Å²) in [6.07, 6.45) is 7.30. The first-order valence-electron chi connectivity index (χ1n) is 9.04. The van der Waals surface area contributed by atoms with Crippen molar-refractivity contribution in [3.8, 4) is 11.5 Å². The minimum Gasteiger partial charge on any atom is -0.493 e. The third-order valence-corrected chi connectivity index (χ3v) is 5.24. The van der Waals surface area contributed by atoms with Crippen LogP contribution in [0.1, 0.15) is 32.1 Å².